The summed E-state index contributed by atoms with van der Waals surface area (Å²) in [5, 5.41) is 7.21. The first-order valence-corrected chi connectivity index (χ1v) is 10.9. The quantitative estimate of drug-likeness (QED) is 0.369. The van der Waals surface area contributed by atoms with Gasteiger partial charge in [0.15, 0.2) is 0 Å². The van der Waals surface area contributed by atoms with E-state index in [1.807, 2.05) is 69.6 Å². The molecule has 0 spiro atoms. The molecule has 8 heteroatoms. The fourth-order valence-corrected chi connectivity index (χ4v) is 3.78. The molecule has 1 aliphatic heterocycles. The van der Waals surface area contributed by atoms with Gasteiger partial charge in [0.25, 0.3) is 0 Å². The van der Waals surface area contributed by atoms with Gasteiger partial charge in [0.05, 0.1) is 18.4 Å². The largest absolute Gasteiger partial charge is 0.496 e. The minimum Gasteiger partial charge on any atom is -0.496 e. The van der Waals surface area contributed by atoms with Gasteiger partial charge in [-0.05, 0) is 63.5 Å². The van der Waals surface area contributed by atoms with E-state index in [0.717, 1.165) is 34.7 Å². The first kappa shape index (κ1) is 22.8. The van der Waals surface area contributed by atoms with Crippen molar-refractivity contribution in [1.29, 1.82) is 0 Å². The Morgan fingerprint density at radius 2 is 1.85 bits per heavy atom. The van der Waals surface area contributed by atoms with Gasteiger partial charge in [0.1, 0.15) is 11.6 Å². The lowest BCUT2D eigenvalue weighted by Crippen LogP contribution is -2.26. The van der Waals surface area contributed by atoms with E-state index < -0.39 is 6.23 Å². The zero-order valence-corrected chi connectivity index (χ0v) is 19.8. The first-order valence-electron chi connectivity index (χ1n) is 10.5. The summed E-state index contributed by atoms with van der Waals surface area (Å²) in [5.41, 5.74) is 3.54. The number of aliphatic imine (C=N–C) groups is 1. The maximum absolute atomic E-state index is 6.38. The molecule has 1 aromatic heterocycles. The minimum absolute atomic E-state index is 0.494. The van der Waals surface area contributed by atoms with E-state index in [4.69, 9.17) is 31.2 Å². The molecule has 0 saturated heterocycles. The monoisotopic (exact) mass is 463 g/mol. The maximum atomic E-state index is 6.38. The van der Waals surface area contributed by atoms with E-state index in [1.165, 1.54) is 0 Å². The van der Waals surface area contributed by atoms with Crippen LogP contribution in [0.5, 0.6) is 5.75 Å². The maximum Gasteiger partial charge on any atom is 0.241 e. The summed E-state index contributed by atoms with van der Waals surface area (Å²) in [5.74, 6) is 1.94. The van der Waals surface area contributed by atoms with Crippen molar-refractivity contribution in [2.75, 3.05) is 21.2 Å². The van der Waals surface area contributed by atoms with Gasteiger partial charge < -0.3 is 14.4 Å². The molecular formula is C25H26ClN5O2. The van der Waals surface area contributed by atoms with Gasteiger partial charge in [-0.1, -0.05) is 23.7 Å². The number of rotatable bonds is 6. The Morgan fingerprint density at radius 1 is 1.12 bits per heavy atom. The lowest BCUT2D eigenvalue weighted by molar-refractivity contribution is 0.107. The van der Waals surface area contributed by atoms with Crippen molar-refractivity contribution in [2.45, 2.75) is 19.7 Å². The number of aromatic nitrogens is 1. The predicted octanol–water partition coefficient (Wildman–Crippen LogP) is 5.25. The number of amidine groups is 1. The second-order valence-electron chi connectivity index (χ2n) is 7.87. The summed E-state index contributed by atoms with van der Waals surface area (Å²) >= 11 is 6.03. The zero-order chi connectivity index (χ0) is 23.4. The number of hydrogen-bond acceptors (Lipinski definition) is 6. The first-order chi connectivity index (χ1) is 16.0. The molecule has 1 unspecified atom stereocenters. The molecule has 7 nitrogen and oxygen atoms in total. The van der Waals surface area contributed by atoms with E-state index in [2.05, 4.69) is 16.0 Å². The Hall–Kier alpha value is -3.42. The second-order valence-corrected chi connectivity index (χ2v) is 8.31. The van der Waals surface area contributed by atoms with Crippen LogP contribution < -0.4 is 4.74 Å². The number of methoxy groups -OCH3 is 1. The van der Waals surface area contributed by atoms with Crippen LogP contribution in [0.25, 0.3) is 0 Å². The number of benzene rings is 2. The topological polar surface area (TPSA) is 62.6 Å². The third-order valence-corrected chi connectivity index (χ3v) is 5.36. The van der Waals surface area contributed by atoms with Crippen molar-refractivity contribution in [2.24, 2.45) is 10.1 Å². The number of para-hydroxylation sites is 1. The summed E-state index contributed by atoms with van der Waals surface area (Å²) in [6.45, 7) is 2.64. The number of pyridine rings is 1. The average molecular weight is 464 g/mol. The highest BCUT2D eigenvalue weighted by Crippen LogP contribution is 2.38. The molecule has 4 rings (SSSR count). The third-order valence-electron chi connectivity index (χ3n) is 5.10. The molecule has 2 aromatic carbocycles. The normalized spacial score (nSPS) is 16.1. The fraction of sp³-hybridized carbons (Fsp3) is 0.240. The SMILES string of the molecule is COc1c(CN(C)C)cccc1C1OC(c2ccncc2)=NN1C(C)=Nc1ccc(Cl)cc1. The van der Waals surface area contributed by atoms with Crippen molar-refractivity contribution in [3.63, 3.8) is 0 Å². The second kappa shape index (κ2) is 10.0. The van der Waals surface area contributed by atoms with Crippen LogP contribution in [0.1, 0.15) is 29.8 Å². The van der Waals surface area contributed by atoms with E-state index in [1.54, 1.807) is 24.5 Å². The standard InChI is InChI=1S/C25H26ClN5O2/c1-17(28-21-10-8-20(26)9-11-21)31-25(33-24(29-31)18-12-14-27-15-13-18)22-7-5-6-19(16-30(2)3)23(22)32-4/h5-15,25H,16H2,1-4H3. The van der Waals surface area contributed by atoms with E-state index >= 15 is 0 Å². The lowest BCUT2D eigenvalue weighted by Gasteiger charge is -2.25. The highest BCUT2D eigenvalue weighted by atomic mass is 35.5. The minimum atomic E-state index is -0.540. The van der Waals surface area contributed by atoms with Gasteiger partial charge in [-0.3, -0.25) is 4.98 Å². The summed E-state index contributed by atoms with van der Waals surface area (Å²) in [6.07, 6.45) is 2.89. The fourth-order valence-electron chi connectivity index (χ4n) is 3.65. The van der Waals surface area contributed by atoms with Crippen molar-refractivity contribution in [1.82, 2.24) is 14.9 Å². The van der Waals surface area contributed by atoms with Crippen LogP contribution in [0.2, 0.25) is 5.02 Å². The van der Waals surface area contributed by atoms with Crippen molar-refractivity contribution < 1.29 is 9.47 Å². The van der Waals surface area contributed by atoms with Crippen LogP contribution in [-0.4, -0.2) is 47.8 Å². The predicted molar refractivity (Wildman–Crippen MR) is 131 cm³/mol. The van der Waals surface area contributed by atoms with E-state index in [-0.39, 0.29) is 0 Å². The van der Waals surface area contributed by atoms with Gasteiger partial charge in [-0.2, -0.15) is 0 Å². The zero-order valence-electron chi connectivity index (χ0n) is 19.1. The van der Waals surface area contributed by atoms with Gasteiger partial charge >= 0.3 is 0 Å². The smallest absolute Gasteiger partial charge is 0.241 e. The average Bonchev–Trinajstić information content (AvgIpc) is 3.26. The highest BCUT2D eigenvalue weighted by molar-refractivity contribution is 6.30. The number of hydrogen-bond donors (Lipinski definition) is 0. The molecule has 0 saturated carbocycles. The van der Waals surface area contributed by atoms with Crippen LogP contribution >= 0.6 is 11.6 Å². The van der Waals surface area contributed by atoms with Crippen molar-refractivity contribution in [3.05, 3.63) is 88.7 Å². The molecule has 1 atom stereocenters. The summed E-state index contributed by atoms with van der Waals surface area (Å²) in [6, 6.07) is 17.1. The molecule has 170 valence electrons. The number of ether oxygens (including phenoxy) is 2. The third kappa shape index (κ3) is 5.16. The molecule has 0 fully saturated rings. The lowest BCUT2D eigenvalue weighted by atomic mass is 10.1. The van der Waals surface area contributed by atoms with Gasteiger partial charge in [0, 0.05) is 35.1 Å². The molecule has 0 N–H and O–H groups in total. The molecular weight excluding hydrogens is 438 g/mol. The highest BCUT2D eigenvalue weighted by Gasteiger charge is 2.35. The van der Waals surface area contributed by atoms with Crippen LogP contribution in [0, 0.1) is 0 Å². The molecule has 0 radical (unpaired) electrons. The molecule has 3 aromatic rings. The Kier molecular flexibility index (Phi) is 6.91. The van der Waals surface area contributed by atoms with Crippen molar-refractivity contribution in [3.8, 4) is 5.75 Å². The van der Waals surface area contributed by atoms with Crippen LogP contribution in [0.15, 0.2) is 77.1 Å². The van der Waals surface area contributed by atoms with Crippen LogP contribution in [0.4, 0.5) is 5.69 Å². The van der Waals surface area contributed by atoms with Crippen LogP contribution in [0.3, 0.4) is 0 Å². The molecule has 1 aliphatic rings. The number of halogens is 1. The molecule has 0 aliphatic carbocycles. The molecule has 2 heterocycles. The molecule has 0 bridgehead atoms. The summed E-state index contributed by atoms with van der Waals surface area (Å²) in [4.78, 5) is 10.9. The Labute approximate surface area is 198 Å². The Bertz CT molecular complexity index is 1160. The number of nitrogens with zero attached hydrogens (tertiary/aromatic N) is 5. The molecule has 0 amide bonds. The van der Waals surface area contributed by atoms with Gasteiger partial charge in [-0.15, -0.1) is 5.10 Å². The Balaban J connectivity index is 1.77. The van der Waals surface area contributed by atoms with Crippen molar-refractivity contribution >= 4 is 29.0 Å². The summed E-state index contributed by atoms with van der Waals surface area (Å²) in [7, 11) is 5.73. The van der Waals surface area contributed by atoms with E-state index in [9.17, 15) is 0 Å². The van der Waals surface area contributed by atoms with Gasteiger partial charge in [0.2, 0.25) is 12.1 Å². The Morgan fingerprint density at radius 3 is 2.52 bits per heavy atom. The number of hydrazone groups is 1. The summed E-state index contributed by atoms with van der Waals surface area (Å²) < 4.78 is 12.2. The van der Waals surface area contributed by atoms with E-state index in [0.29, 0.717) is 16.8 Å². The van der Waals surface area contributed by atoms with Gasteiger partial charge in [-0.25, -0.2) is 10.0 Å². The van der Waals surface area contributed by atoms with Crippen LogP contribution in [-0.2, 0) is 11.3 Å². The molecule has 33 heavy (non-hydrogen) atoms.